The van der Waals surface area contributed by atoms with E-state index in [1.807, 2.05) is 0 Å². The van der Waals surface area contributed by atoms with Crippen LogP contribution in [-0.2, 0) is 19.1 Å². The second-order valence-corrected chi connectivity index (χ2v) is 4.57. The Labute approximate surface area is 138 Å². The third-order valence-electron chi connectivity index (χ3n) is 2.51. The van der Waals surface area contributed by atoms with Crippen LogP contribution in [0.15, 0.2) is 12.2 Å². The van der Waals surface area contributed by atoms with E-state index in [0.717, 1.165) is 0 Å². The highest BCUT2D eigenvalue weighted by atomic mass is 19.4. The van der Waals surface area contributed by atoms with Gasteiger partial charge in [0.2, 0.25) is 0 Å². The molecule has 0 N–H and O–H groups in total. The molecule has 0 aliphatic heterocycles. The average molecular weight is 408 g/mol. The molecule has 0 aliphatic carbocycles. The van der Waals surface area contributed by atoms with Gasteiger partial charge in [0.15, 0.2) is 0 Å². The first-order chi connectivity index (χ1) is 11.5. The first kappa shape index (κ1) is 24.0. The van der Waals surface area contributed by atoms with Crippen LogP contribution >= 0.6 is 0 Å². The summed E-state index contributed by atoms with van der Waals surface area (Å²) in [6, 6.07) is 0. The fourth-order valence-electron chi connectivity index (χ4n) is 1.08. The molecular weight excluding hydrogens is 398 g/mol. The Morgan fingerprint density at radius 3 is 1.12 bits per heavy atom. The average Bonchev–Trinajstić information content (AvgIpc) is 2.42. The van der Waals surface area contributed by atoms with Gasteiger partial charge in [-0.05, 0) is 0 Å². The summed E-state index contributed by atoms with van der Waals surface area (Å²) in [6.07, 6.45) is -15.1. The third-order valence-corrected chi connectivity index (χ3v) is 2.51. The molecular formula is C12H10F10O4. The quantitative estimate of drug-likeness (QED) is 0.348. The van der Waals surface area contributed by atoms with Gasteiger partial charge >= 0.3 is 36.1 Å². The summed E-state index contributed by atoms with van der Waals surface area (Å²) in [5.74, 6) is -13.3. The van der Waals surface area contributed by atoms with Crippen molar-refractivity contribution in [3.05, 3.63) is 12.2 Å². The number of carbonyl (C=O) groups excluding carboxylic acids is 2. The van der Waals surface area contributed by atoms with Crippen LogP contribution in [0.5, 0.6) is 0 Å². The second-order valence-electron chi connectivity index (χ2n) is 4.57. The minimum atomic E-state index is -5.85. The number of rotatable bonds is 8. The first-order valence-corrected chi connectivity index (χ1v) is 6.40. The Kier molecular flexibility index (Phi) is 7.91. The van der Waals surface area contributed by atoms with Gasteiger partial charge in [-0.1, -0.05) is 0 Å². The molecule has 0 aromatic heterocycles. The molecule has 0 rings (SSSR count). The van der Waals surface area contributed by atoms with Crippen LogP contribution < -0.4 is 0 Å². The molecule has 0 fully saturated rings. The molecule has 0 amide bonds. The Balaban J connectivity index is 4.24. The van der Waals surface area contributed by atoms with Crippen LogP contribution in [-0.4, -0.2) is 49.4 Å². The molecule has 0 bridgehead atoms. The smallest absolute Gasteiger partial charge is 0.453 e. The maximum Gasteiger partial charge on any atom is 0.453 e. The molecule has 4 nitrogen and oxygen atoms in total. The largest absolute Gasteiger partial charge is 0.462 e. The monoisotopic (exact) mass is 408 g/mol. The Bertz CT molecular complexity index is 475. The van der Waals surface area contributed by atoms with Crippen molar-refractivity contribution in [2.75, 3.05) is 13.2 Å². The van der Waals surface area contributed by atoms with E-state index in [4.69, 9.17) is 0 Å². The number of ether oxygens (including phenoxy) is 2. The van der Waals surface area contributed by atoms with Crippen molar-refractivity contribution in [1.29, 1.82) is 0 Å². The fraction of sp³-hybridized carbons (Fsp3) is 0.667. The molecule has 0 heterocycles. The fourth-order valence-corrected chi connectivity index (χ4v) is 1.08. The van der Waals surface area contributed by atoms with Gasteiger partial charge in [0.05, 0.1) is 26.1 Å². The normalized spacial score (nSPS) is 13.8. The predicted octanol–water partition coefficient (Wildman–Crippen LogP) is 3.80. The van der Waals surface area contributed by atoms with Crippen LogP contribution in [0.2, 0.25) is 0 Å². The predicted molar refractivity (Wildman–Crippen MR) is 62.3 cm³/mol. The number of halogens is 10. The van der Waals surface area contributed by atoms with Crippen molar-refractivity contribution in [1.82, 2.24) is 0 Å². The van der Waals surface area contributed by atoms with E-state index in [1.165, 1.54) is 0 Å². The van der Waals surface area contributed by atoms with E-state index < -0.39 is 62.2 Å². The molecule has 0 unspecified atom stereocenters. The summed E-state index contributed by atoms with van der Waals surface area (Å²) < 4.78 is 129. The van der Waals surface area contributed by atoms with E-state index in [0.29, 0.717) is 0 Å². The topological polar surface area (TPSA) is 52.6 Å². The molecule has 0 aromatic carbocycles. The molecule has 0 spiro atoms. The van der Waals surface area contributed by atoms with E-state index in [-0.39, 0.29) is 12.2 Å². The summed E-state index contributed by atoms with van der Waals surface area (Å²) in [7, 11) is 0. The maximum absolute atomic E-state index is 12.5. The van der Waals surface area contributed by atoms with Crippen LogP contribution in [0.25, 0.3) is 0 Å². The standard InChI is InChI=1S/C12H10F10O4/c13-9(14,11(17,18)19)3-5-25-7(23)1-2-8(24)26-6-4-10(15,16)12(20,21)22/h1-2H,3-6H2. The van der Waals surface area contributed by atoms with Crippen LogP contribution in [0, 0.1) is 0 Å². The molecule has 26 heavy (non-hydrogen) atoms. The van der Waals surface area contributed by atoms with Crippen molar-refractivity contribution >= 4 is 11.9 Å². The molecule has 152 valence electrons. The molecule has 0 aromatic rings. The minimum absolute atomic E-state index is 0.204. The highest BCUT2D eigenvalue weighted by Crippen LogP contribution is 2.38. The van der Waals surface area contributed by atoms with Gasteiger partial charge in [-0.3, -0.25) is 0 Å². The summed E-state index contributed by atoms with van der Waals surface area (Å²) >= 11 is 0. The lowest BCUT2D eigenvalue weighted by Crippen LogP contribution is -2.37. The van der Waals surface area contributed by atoms with Gasteiger partial charge in [0.1, 0.15) is 0 Å². The number of esters is 2. The minimum Gasteiger partial charge on any atom is -0.462 e. The van der Waals surface area contributed by atoms with Crippen molar-refractivity contribution < 1.29 is 63.0 Å². The zero-order valence-electron chi connectivity index (χ0n) is 12.4. The van der Waals surface area contributed by atoms with Gasteiger partial charge in [0.25, 0.3) is 0 Å². The number of carbonyl (C=O) groups is 2. The Hall–Kier alpha value is -2.02. The highest BCUT2D eigenvalue weighted by Gasteiger charge is 2.57. The lowest BCUT2D eigenvalue weighted by Gasteiger charge is -2.19. The van der Waals surface area contributed by atoms with Gasteiger partial charge in [-0.2, -0.15) is 43.9 Å². The van der Waals surface area contributed by atoms with E-state index in [9.17, 15) is 53.5 Å². The van der Waals surface area contributed by atoms with Crippen molar-refractivity contribution in [3.63, 3.8) is 0 Å². The van der Waals surface area contributed by atoms with Gasteiger partial charge in [-0.25, -0.2) is 9.59 Å². The van der Waals surface area contributed by atoms with Crippen LogP contribution in [0.4, 0.5) is 43.9 Å². The lowest BCUT2D eigenvalue weighted by molar-refractivity contribution is -0.286. The van der Waals surface area contributed by atoms with E-state index >= 15 is 0 Å². The Morgan fingerprint density at radius 2 is 0.885 bits per heavy atom. The number of alkyl halides is 10. The summed E-state index contributed by atoms with van der Waals surface area (Å²) in [5.41, 5.74) is 0. The Morgan fingerprint density at radius 1 is 0.615 bits per heavy atom. The molecule has 0 aliphatic rings. The second kappa shape index (κ2) is 8.58. The zero-order chi connectivity index (χ0) is 20.8. The van der Waals surface area contributed by atoms with Gasteiger partial charge in [0, 0.05) is 12.2 Å². The lowest BCUT2D eigenvalue weighted by atomic mass is 10.2. The number of hydrogen-bond donors (Lipinski definition) is 0. The molecule has 0 saturated heterocycles. The summed E-state index contributed by atoms with van der Waals surface area (Å²) in [5, 5.41) is 0. The third kappa shape index (κ3) is 7.91. The van der Waals surface area contributed by atoms with Gasteiger partial charge < -0.3 is 9.47 Å². The van der Waals surface area contributed by atoms with E-state index in [1.54, 1.807) is 0 Å². The molecule has 0 radical (unpaired) electrons. The van der Waals surface area contributed by atoms with Crippen molar-refractivity contribution in [2.24, 2.45) is 0 Å². The van der Waals surface area contributed by atoms with Crippen LogP contribution in [0.3, 0.4) is 0 Å². The van der Waals surface area contributed by atoms with Crippen LogP contribution in [0.1, 0.15) is 12.8 Å². The first-order valence-electron chi connectivity index (χ1n) is 6.40. The van der Waals surface area contributed by atoms with Crippen molar-refractivity contribution in [2.45, 2.75) is 37.0 Å². The van der Waals surface area contributed by atoms with Gasteiger partial charge in [-0.15, -0.1) is 0 Å². The summed E-state index contributed by atoms with van der Waals surface area (Å²) in [4.78, 5) is 21.9. The van der Waals surface area contributed by atoms with Crippen molar-refractivity contribution in [3.8, 4) is 0 Å². The number of hydrogen-bond acceptors (Lipinski definition) is 4. The highest BCUT2D eigenvalue weighted by molar-refractivity contribution is 5.91. The maximum atomic E-state index is 12.5. The van der Waals surface area contributed by atoms with E-state index in [2.05, 4.69) is 9.47 Å². The molecule has 0 saturated carbocycles. The zero-order valence-corrected chi connectivity index (χ0v) is 12.4. The summed E-state index contributed by atoms with van der Waals surface area (Å²) in [6.45, 7) is -2.72. The molecule has 0 atom stereocenters. The molecule has 14 heteroatoms. The SMILES string of the molecule is O=C(C=CC(=O)OCCC(F)(F)C(F)(F)F)OCCC(F)(F)C(F)(F)F.